The Kier molecular flexibility index (Phi) is 11.6. The normalized spacial score (nSPS) is 9.37. The number of pyridine rings is 2. The van der Waals surface area contributed by atoms with E-state index in [0.29, 0.717) is 0 Å². The summed E-state index contributed by atoms with van der Waals surface area (Å²) in [5, 5.41) is 9.78. The van der Waals surface area contributed by atoms with Gasteiger partial charge in [-0.1, -0.05) is 0 Å². The Bertz CT molecular complexity index is 971. The van der Waals surface area contributed by atoms with Crippen molar-refractivity contribution in [2.24, 2.45) is 14.1 Å². The number of halogens is 3. The third-order valence-electron chi connectivity index (χ3n) is 3.43. The van der Waals surface area contributed by atoms with Crippen LogP contribution in [0.1, 0.15) is 6.92 Å². The fraction of sp³-hybridized carbons (Fsp3) is 0.167. The summed E-state index contributed by atoms with van der Waals surface area (Å²) in [6, 6.07) is 7.84. The molecule has 4 aromatic rings. The molecule has 147 valence electrons. The van der Waals surface area contributed by atoms with E-state index in [2.05, 4.69) is 64.8 Å². The van der Waals surface area contributed by atoms with Crippen molar-refractivity contribution in [2.75, 3.05) is 0 Å². The average Bonchev–Trinajstić information content (AvgIpc) is 3.18. The maximum absolute atomic E-state index is 7.32. The van der Waals surface area contributed by atoms with Crippen molar-refractivity contribution in [1.82, 2.24) is 19.1 Å². The van der Waals surface area contributed by atoms with Crippen LogP contribution in [0.15, 0.2) is 59.9 Å². The van der Waals surface area contributed by atoms with E-state index in [4.69, 9.17) is 5.26 Å². The standard InChI is InChI=1S/C8H7BrN2.C8H8N2.C2H3N.2BrH.Cu/c1-11-5-7(9)6-2-3-10-4-8(6)11;1-10-5-3-7-2-4-9-6-8(7)10;1-2-3;;;/h2-5H,1H3;2-6H,1H3;1H3;2*1H;/q;;;;;+2/p-2. The second-order valence-electron chi connectivity index (χ2n) is 5.11. The van der Waals surface area contributed by atoms with Crippen molar-refractivity contribution < 1.29 is 11.3 Å². The van der Waals surface area contributed by atoms with E-state index in [1.54, 1.807) is 12.3 Å². The third-order valence-corrected chi connectivity index (χ3v) is 4.07. The summed E-state index contributed by atoms with van der Waals surface area (Å²) < 4.78 is 5.23. The second-order valence-corrected chi connectivity index (χ2v) is 10.7. The maximum atomic E-state index is 7.32. The molecule has 4 aromatic heterocycles. The molecule has 4 rings (SSSR count). The van der Waals surface area contributed by atoms with Gasteiger partial charge in [-0.15, -0.1) is 0 Å². The molecule has 0 radical (unpaired) electrons. The van der Waals surface area contributed by atoms with E-state index in [-0.39, 0.29) is 0 Å². The molecular weight excluding hydrogens is 589 g/mol. The molecule has 0 unspecified atom stereocenters. The van der Waals surface area contributed by atoms with Crippen LogP contribution in [0.3, 0.4) is 0 Å². The van der Waals surface area contributed by atoms with Gasteiger partial charge in [0.25, 0.3) is 0 Å². The van der Waals surface area contributed by atoms with Gasteiger partial charge in [-0.2, -0.15) is 5.26 Å². The number of nitrogens with zero attached hydrogens (tertiary/aromatic N) is 5. The fourth-order valence-electron chi connectivity index (χ4n) is 2.28. The number of nitriles is 1. The predicted molar refractivity (Wildman–Crippen MR) is 118 cm³/mol. The van der Waals surface area contributed by atoms with Gasteiger partial charge >= 0.3 is 39.6 Å². The molecule has 0 aliphatic carbocycles. The zero-order valence-electron chi connectivity index (χ0n) is 14.9. The van der Waals surface area contributed by atoms with Gasteiger partial charge in [0.1, 0.15) is 0 Å². The number of hydrogen-bond donors (Lipinski definition) is 0. The zero-order chi connectivity index (χ0) is 20.2. The first-order valence-electron chi connectivity index (χ1n) is 7.51. The molecule has 5 nitrogen and oxygen atoms in total. The van der Waals surface area contributed by atoms with E-state index in [0.717, 1.165) is 9.99 Å². The second kappa shape index (κ2) is 13.1. The SMILES string of the molecule is CC#N.Cn1cc(Br)c2ccncc21.Cn1ccc2ccncc21.[Br][Cu][Br]. The van der Waals surface area contributed by atoms with Gasteiger partial charge in [-0.3, -0.25) is 9.97 Å². The van der Waals surface area contributed by atoms with Crippen molar-refractivity contribution in [3.8, 4) is 6.07 Å². The first-order valence-corrected chi connectivity index (χ1v) is 13.0. The summed E-state index contributed by atoms with van der Waals surface area (Å²) in [4.78, 5) is 8.07. The Morgan fingerprint density at radius 2 is 1.56 bits per heavy atom. The van der Waals surface area contributed by atoms with E-state index >= 15 is 0 Å². The molecule has 0 atom stereocenters. The van der Waals surface area contributed by atoms with Crippen molar-refractivity contribution >= 4 is 66.0 Å². The van der Waals surface area contributed by atoms with Gasteiger partial charge in [0.15, 0.2) is 0 Å². The van der Waals surface area contributed by atoms with Gasteiger partial charge in [-0.05, 0) is 34.1 Å². The molecule has 0 saturated carbocycles. The van der Waals surface area contributed by atoms with Crippen LogP contribution >= 0.6 is 44.2 Å². The summed E-state index contributed by atoms with van der Waals surface area (Å²) in [6.45, 7) is 1.43. The Balaban J connectivity index is 0.000000211. The summed E-state index contributed by atoms with van der Waals surface area (Å²) >= 11 is 10.8. The molecule has 0 amide bonds. The molecule has 4 heterocycles. The van der Waals surface area contributed by atoms with Gasteiger partial charge in [0.05, 0.1) is 29.5 Å². The van der Waals surface area contributed by atoms with Gasteiger partial charge < -0.3 is 9.13 Å². The van der Waals surface area contributed by atoms with Crippen LogP contribution in [0.2, 0.25) is 0 Å². The zero-order valence-corrected chi connectivity index (χ0v) is 20.6. The third kappa shape index (κ3) is 7.40. The molecule has 0 saturated heterocycles. The van der Waals surface area contributed by atoms with Crippen LogP contribution in [0.4, 0.5) is 0 Å². The Labute approximate surface area is 187 Å². The Morgan fingerprint density at radius 3 is 2.11 bits per heavy atom. The molecular formula is C18H18Br3CuN5. The summed E-state index contributed by atoms with van der Waals surface area (Å²) in [7, 11) is 4.03. The average molecular weight is 608 g/mol. The van der Waals surface area contributed by atoms with Crippen LogP contribution in [0, 0.1) is 11.3 Å². The van der Waals surface area contributed by atoms with Crippen molar-refractivity contribution in [1.29, 1.82) is 5.26 Å². The van der Waals surface area contributed by atoms with Crippen molar-refractivity contribution in [3.63, 3.8) is 0 Å². The van der Waals surface area contributed by atoms with Gasteiger partial charge in [0.2, 0.25) is 0 Å². The minimum atomic E-state index is 1.12. The minimum absolute atomic E-state index is 1.12. The van der Waals surface area contributed by atoms with Crippen LogP contribution in [-0.4, -0.2) is 19.1 Å². The van der Waals surface area contributed by atoms with Gasteiger partial charge in [0, 0.05) is 61.1 Å². The van der Waals surface area contributed by atoms with Crippen LogP contribution < -0.4 is 0 Å². The monoisotopic (exact) mass is 604 g/mol. The summed E-state index contributed by atoms with van der Waals surface area (Å²) in [5.74, 6) is 0. The van der Waals surface area contributed by atoms with E-state index in [9.17, 15) is 0 Å². The first-order chi connectivity index (χ1) is 13.0. The fourth-order valence-corrected chi connectivity index (χ4v) is 2.93. The predicted octanol–water partition coefficient (Wildman–Crippen LogP) is 6.13. The van der Waals surface area contributed by atoms with Crippen LogP contribution in [0.5, 0.6) is 0 Å². The Morgan fingerprint density at radius 1 is 1.00 bits per heavy atom. The molecule has 9 heteroatoms. The van der Waals surface area contributed by atoms with Crippen LogP contribution in [-0.2, 0) is 25.4 Å². The van der Waals surface area contributed by atoms with Crippen molar-refractivity contribution in [2.45, 2.75) is 6.92 Å². The van der Waals surface area contributed by atoms with Crippen molar-refractivity contribution in [3.05, 3.63) is 59.9 Å². The molecule has 0 aliphatic rings. The summed E-state index contributed by atoms with van der Waals surface area (Å²) in [5.41, 5.74) is 2.34. The molecule has 0 aliphatic heterocycles. The number of aromatic nitrogens is 4. The Hall–Kier alpha value is -1.17. The van der Waals surface area contributed by atoms with E-state index in [1.165, 1.54) is 34.6 Å². The number of aryl methyl sites for hydroxylation is 2. The molecule has 0 aromatic carbocycles. The topological polar surface area (TPSA) is 59.4 Å². The molecule has 0 spiro atoms. The molecule has 0 fully saturated rings. The molecule has 0 bridgehead atoms. The number of rotatable bonds is 0. The van der Waals surface area contributed by atoms with Crippen LogP contribution in [0.25, 0.3) is 21.8 Å². The molecule has 0 N–H and O–H groups in total. The van der Waals surface area contributed by atoms with E-state index < -0.39 is 0 Å². The summed E-state index contributed by atoms with van der Waals surface area (Å²) in [6.07, 6.45) is 11.4. The van der Waals surface area contributed by atoms with Gasteiger partial charge in [-0.25, -0.2) is 0 Å². The van der Waals surface area contributed by atoms with E-state index in [1.807, 2.05) is 61.8 Å². The number of fused-ring (bicyclic) bond motifs is 2. The first kappa shape index (κ1) is 23.9. The quantitative estimate of drug-likeness (QED) is 0.226. The molecule has 27 heavy (non-hydrogen) atoms. The number of hydrogen-bond acceptors (Lipinski definition) is 3.